The second-order valence-corrected chi connectivity index (χ2v) is 5.82. The van der Waals surface area contributed by atoms with Gasteiger partial charge in [0.2, 0.25) is 0 Å². The maximum atomic E-state index is 12.1. The zero-order valence-corrected chi connectivity index (χ0v) is 12.6. The lowest BCUT2D eigenvalue weighted by molar-refractivity contribution is 0.0534. The Kier molecular flexibility index (Phi) is 2.79. The number of hydrogen-bond donors (Lipinski definition) is 0. The number of nitrogens with zero attached hydrogens (tertiary/aromatic N) is 1. The molecule has 3 aromatic rings. The summed E-state index contributed by atoms with van der Waals surface area (Å²) in [6.45, 7) is 0.253. The van der Waals surface area contributed by atoms with Gasteiger partial charge in [-0.3, -0.25) is 0 Å². The maximum Gasteiger partial charge on any atom is 0.341 e. The molecule has 0 amide bonds. The number of cyclic esters (lactones) is 1. The Morgan fingerprint density at radius 2 is 1.76 bits per heavy atom. The highest BCUT2D eigenvalue weighted by atomic mass is 79.9. The van der Waals surface area contributed by atoms with Crippen molar-refractivity contribution in [3.8, 4) is 11.1 Å². The van der Waals surface area contributed by atoms with Crippen molar-refractivity contribution in [2.75, 3.05) is 0 Å². The van der Waals surface area contributed by atoms with Gasteiger partial charge in [-0.2, -0.15) is 0 Å². The van der Waals surface area contributed by atoms with Crippen LogP contribution in [0.2, 0.25) is 0 Å². The van der Waals surface area contributed by atoms with Crippen molar-refractivity contribution in [3.05, 3.63) is 64.3 Å². The topological polar surface area (TPSA) is 39.2 Å². The molecule has 0 fully saturated rings. The number of halogens is 1. The SMILES string of the molecule is O=C1OCc2nc3ccccc3c(-c3ccc(Br)cc3)c21. The van der Waals surface area contributed by atoms with Crippen LogP contribution in [0, 0.1) is 0 Å². The molecular formula is C17H10BrNO2. The van der Waals surface area contributed by atoms with Gasteiger partial charge in [-0.1, -0.05) is 46.3 Å². The summed E-state index contributed by atoms with van der Waals surface area (Å²) in [5.41, 5.74) is 4.10. The molecular weight excluding hydrogens is 330 g/mol. The van der Waals surface area contributed by atoms with Crippen LogP contribution in [0.5, 0.6) is 0 Å². The summed E-state index contributed by atoms with van der Waals surface area (Å²) in [6.07, 6.45) is 0. The quantitative estimate of drug-likeness (QED) is 0.619. The third-order valence-electron chi connectivity index (χ3n) is 3.64. The number of aromatic nitrogens is 1. The minimum Gasteiger partial charge on any atom is -0.455 e. The summed E-state index contributed by atoms with van der Waals surface area (Å²) in [5, 5.41) is 0.970. The number of ether oxygens (including phenoxy) is 1. The molecule has 0 spiro atoms. The Bertz CT molecular complexity index is 872. The number of carbonyl (C=O) groups excluding carboxylic acids is 1. The summed E-state index contributed by atoms with van der Waals surface area (Å²) in [7, 11) is 0. The van der Waals surface area contributed by atoms with E-state index in [-0.39, 0.29) is 12.6 Å². The van der Waals surface area contributed by atoms with Crippen molar-refractivity contribution in [1.29, 1.82) is 0 Å². The number of fused-ring (bicyclic) bond motifs is 2. The van der Waals surface area contributed by atoms with Crippen LogP contribution in [0.1, 0.15) is 16.1 Å². The molecule has 0 atom stereocenters. The lowest BCUT2D eigenvalue weighted by Crippen LogP contribution is -2.00. The van der Waals surface area contributed by atoms with E-state index in [9.17, 15) is 4.79 Å². The Hall–Kier alpha value is -2.20. The van der Waals surface area contributed by atoms with Crippen LogP contribution in [0.4, 0.5) is 0 Å². The second kappa shape index (κ2) is 4.67. The van der Waals surface area contributed by atoms with Crippen molar-refractivity contribution in [1.82, 2.24) is 4.98 Å². The lowest BCUT2D eigenvalue weighted by atomic mass is 9.95. The summed E-state index contributed by atoms with van der Waals surface area (Å²) >= 11 is 3.44. The van der Waals surface area contributed by atoms with Gasteiger partial charge in [0.1, 0.15) is 6.61 Å². The number of pyridine rings is 1. The van der Waals surface area contributed by atoms with E-state index in [4.69, 9.17) is 4.74 Å². The highest BCUT2D eigenvalue weighted by Gasteiger charge is 2.28. The number of hydrogen-bond acceptors (Lipinski definition) is 3. The molecule has 102 valence electrons. The minimum absolute atomic E-state index is 0.253. The molecule has 0 bridgehead atoms. The van der Waals surface area contributed by atoms with Gasteiger partial charge >= 0.3 is 5.97 Å². The fraction of sp³-hybridized carbons (Fsp3) is 0.0588. The van der Waals surface area contributed by atoms with Gasteiger partial charge in [-0.05, 0) is 23.8 Å². The van der Waals surface area contributed by atoms with Gasteiger partial charge in [-0.15, -0.1) is 0 Å². The molecule has 0 saturated heterocycles. The third kappa shape index (κ3) is 1.94. The van der Waals surface area contributed by atoms with Gasteiger partial charge in [0.05, 0.1) is 16.8 Å². The predicted octanol–water partition coefficient (Wildman–Crippen LogP) is 4.33. The average Bonchev–Trinajstić information content (AvgIpc) is 2.87. The standard InChI is InChI=1S/C17H10BrNO2/c18-11-7-5-10(6-8-11)15-12-3-1-2-4-13(12)19-14-9-21-17(20)16(14)15/h1-8H,9H2. The number of esters is 1. The number of rotatable bonds is 1. The first kappa shape index (κ1) is 12.5. The largest absolute Gasteiger partial charge is 0.455 e. The van der Waals surface area contributed by atoms with E-state index in [0.29, 0.717) is 5.56 Å². The molecule has 0 radical (unpaired) electrons. The molecule has 2 heterocycles. The van der Waals surface area contributed by atoms with E-state index in [0.717, 1.165) is 32.2 Å². The van der Waals surface area contributed by atoms with E-state index >= 15 is 0 Å². The molecule has 0 aliphatic carbocycles. The summed E-state index contributed by atoms with van der Waals surface area (Å²) in [6, 6.07) is 15.8. The van der Waals surface area contributed by atoms with Gasteiger partial charge in [0.25, 0.3) is 0 Å². The molecule has 2 aromatic carbocycles. The van der Waals surface area contributed by atoms with Crippen molar-refractivity contribution < 1.29 is 9.53 Å². The van der Waals surface area contributed by atoms with Crippen molar-refractivity contribution in [3.63, 3.8) is 0 Å². The van der Waals surface area contributed by atoms with Crippen molar-refractivity contribution >= 4 is 32.8 Å². The average molecular weight is 340 g/mol. The Labute approximate surface area is 129 Å². The zero-order chi connectivity index (χ0) is 14.4. The normalized spacial score (nSPS) is 13.3. The van der Waals surface area contributed by atoms with E-state index in [2.05, 4.69) is 20.9 Å². The Morgan fingerprint density at radius 1 is 1.00 bits per heavy atom. The van der Waals surface area contributed by atoms with E-state index in [1.807, 2.05) is 48.5 Å². The van der Waals surface area contributed by atoms with E-state index < -0.39 is 0 Å². The molecule has 0 unspecified atom stereocenters. The first-order valence-electron chi connectivity index (χ1n) is 6.59. The summed E-state index contributed by atoms with van der Waals surface area (Å²) in [4.78, 5) is 16.7. The fourth-order valence-corrected chi connectivity index (χ4v) is 2.97. The van der Waals surface area contributed by atoms with Crippen LogP contribution in [0.25, 0.3) is 22.0 Å². The molecule has 4 heteroatoms. The van der Waals surface area contributed by atoms with Crippen LogP contribution in [-0.2, 0) is 11.3 Å². The lowest BCUT2D eigenvalue weighted by Gasteiger charge is -2.10. The van der Waals surface area contributed by atoms with Crippen molar-refractivity contribution in [2.24, 2.45) is 0 Å². The Balaban J connectivity index is 2.12. The fourth-order valence-electron chi connectivity index (χ4n) is 2.71. The second-order valence-electron chi connectivity index (χ2n) is 4.91. The molecule has 4 rings (SSSR count). The number of benzene rings is 2. The van der Waals surface area contributed by atoms with Crippen LogP contribution in [-0.4, -0.2) is 11.0 Å². The van der Waals surface area contributed by atoms with E-state index in [1.54, 1.807) is 0 Å². The zero-order valence-electron chi connectivity index (χ0n) is 11.0. The van der Waals surface area contributed by atoms with Gasteiger partial charge in [0.15, 0.2) is 0 Å². The molecule has 1 aliphatic rings. The smallest absolute Gasteiger partial charge is 0.341 e. The van der Waals surface area contributed by atoms with Gasteiger partial charge in [-0.25, -0.2) is 9.78 Å². The van der Waals surface area contributed by atoms with Crippen LogP contribution in [0.15, 0.2) is 53.0 Å². The number of carbonyl (C=O) groups is 1. The molecule has 21 heavy (non-hydrogen) atoms. The first-order chi connectivity index (χ1) is 10.2. The number of para-hydroxylation sites is 1. The maximum absolute atomic E-state index is 12.1. The predicted molar refractivity (Wildman–Crippen MR) is 84.0 cm³/mol. The molecule has 0 saturated carbocycles. The Morgan fingerprint density at radius 3 is 2.57 bits per heavy atom. The van der Waals surface area contributed by atoms with Crippen LogP contribution >= 0.6 is 15.9 Å². The van der Waals surface area contributed by atoms with Crippen molar-refractivity contribution in [2.45, 2.75) is 6.61 Å². The summed E-state index contributed by atoms with van der Waals surface area (Å²) < 4.78 is 6.17. The van der Waals surface area contributed by atoms with Gasteiger partial charge < -0.3 is 4.74 Å². The van der Waals surface area contributed by atoms with Crippen LogP contribution in [0.3, 0.4) is 0 Å². The first-order valence-corrected chi connectivity index (χ1v) is 7.38. The highest BCUT2D eigenvalue weighted by Crippen LogP contribution is 2.36. The molecule has 1 aliphatic heterocycles. The summed E-state index contributed by atoms with van der Waals surface area (Å²) in [5.74, 6) is -0.291. The monoisotopic (exact) mass is 339 g/mol. The van der Waals surface area contributed by atoms with E-state index in [1.165, 1.54) is 0 Å². The molecule has 1 aromatic heterocycles. The third-order valence-corrected chi connectivity index (χ3v) is 4.17. The molecule has 3 nitrogen and oxygen atoms in total. The van der Waals surface area contributed by atoms with Crippen LogP contribution < -0.4 is 0 Å². The molecule has 0 N–H and O–H groups in total. The highest BCUT2D eigenvalue weighted by molar-refractivity contribution is 9.10. The van der Waals surface area contributed by atoms with Gasteiger partial charge in [0, 0.05) is 15.4 Å². The minimum atomic E-state index is -0.291.